The Morgan fingerprint density at radius 1 is 1.43 bits per heavy atom. The summed E-state index contributed by atoms with van der Waals surface area (Å²) in [5, 5.41) is 3.85. The second-order valence-electron chi connectivity index (χ2n) is 6.25. The maximum Gasteiger partial charge on any atom is 0.257 e. The molecule has 3 rings (SSSR count). The number of hydrogen-bond donors (Lipinski definition) is 0. The highest BCUT2D eigenvalue weighted by atomic mass is 16.5. The van der Waals surface area contributed by atoms with E-state index < -0.39 is 0 Å². The van der Waals surface area contributed by atoms with Crippen molar-refractivity contribution in [3.05, 3.63) is 35.5 Å². The molecule has 0 bridgehead atoms. The summed E-state index contributed by atoms with van der Waals surface area (Å²) in [7, 11) is 0. The first-order valence-corrected chi connectivity index (χ1v) is 7.95. The Morgan fingerprint density at radius 3 is 2.96 bits per heavy atom. The summed E-state index contributed by atoms with van der Waals surface area (Å²) in [5.74, 6) is 1.50. The van der Waals surface area contributed by atoms with Gasteiger partial charge in [0.2, 0.25) is 5.89 Å². The summed E-state index contributed by atoms with van der Waals surface area (Å²) in [6.07, 6.45) is 4.98. The lowest BCUT2D eigenvalue weighted by molar-refractivity contribution is 0.0693. The van der Waals surface area contributed by atoms with E-state index in [-0.39, 0.29) is 17.7 Å². The van der Waals surface area contributed by atoms with Crippen LogP contribution in [0.4, 0.5) is 0 Å². The average molecular weight is 315 g/mol. The van der Waals surface area contributed by atoms with Crippen LogP contribution in [0, 0.1) is 6.92 Å². The smallest absolute Gasteiger partial charge is 0.257 e. The number of likely N-dealkylation sites (tertiary alicyclic amines) is 1. The Morgan fingerprint density at radius 2 is 2.26 bits per heavy atom. The van der Waals surface area contributed by atoms with Gasteiger partial charge >= 0.3 is 0 Å². The lowest BCUT2D eigenvalue weighted by atomic mass is 9.96. The van der Waals surface area contributed by atoms with Crippen molar-refractivity contribution in [1.29, 1.82) is 0 Å². The molecule has 1 fully saturated rings. The quantitative estimate of drug-likeness (QED) is 0.864. The van der Waals surface area contributed by atoms with E-state index >= 15 is 0 Å². The molecule has 0 spiro atoms. The van der Waals surface area contributed by atoms with Crippen molar-refractivity contribution in [3.8, 4) is 0 Å². The van der Waals surface area contributed by atoms with E-state index in [4.69, 9.17) is 4.52 Å². The van der Waals surface area contributed by atoms with E-state index in [9.17, 15) is 4.79 Å². The Balaban J connectivity index is 1.80. The number of piperidine rings is 1. The van der Waals surface area contributed by atoms with E-state index in [1.54, 1.807) is 13.1 Å². The van der Waals surface area contributed by atoms with E-state index in [1.807, 2.05) is 18.7 Å². The molecule has 0 N–H and O–H groups in total. The van der Waals surface area contributed by atoms with Crippen LogP contribution < -0.4 is 0 Å². The number of rotatable bonds is 3. The molecule has 1 saturated heterocycles. The lowest BCUT2D eigenvalue weighted by Gasteiger charge is -2.31. The monoisotopic (exact) mass is 315 g/mol. The van der Waals surface area contributed by atoms with Gasteiger partial charge in [-0.2, -0.15) is 4.98 Å². The van der Waals surface area contributed by atoms with Crippen LogP contribution in [-0.4, -0.2) is 44.0 Å². The minimum atomic E-state index is -0.0183. The van der Waals surface area contributed by atoms with Crippen LogP contribution in [0.15, 0.2) is 17.0 Å². The van der Waals surface area contributed by atoms with Gasteiger partial charge in [-0.1, -0.05) is 19.0 Å². The summed E-state index contributed by atoms with van der Waals surface area (Å²) >= 11 is 0. The highest BCUT2D eigenvalue weighted by molar-refractivity contribution is 5.95. The lowest BCUT2D eigenvalue weighted by Crippen LogP contribution is -2.39. The molecule has 1 aliphatic rings. The molecule has 0 unspecified atom stereocenters. The standard InChI is InChI=1S/C16H21N5O2/c1-10(2)14-13(7-17-9-18-14)16(22)21-6-4-5-12(8-21)15-19-11(3)20-23-15/h7,9-10,12H,4-6,8H2,1-3H3/t12-/m1/s1. The first kappa shape index (κ1) is 15.6. The first-order chi connectivity index (χ1) is 11.1. The third-order valence-corrected chi connectivity index (χ3v) is 4.12. The molecule has 0 aliphatic carbocycles. The van der Waals surface area contributed by atoms with Gasteiger partial charge in [0.25, 0.3) is 5.91 Å². The highest BCUT2D eigenvalue weighted by Crippen LogP contribution is 2.27. The number of carbonyl (C=O) groups excluding carboxylic acids is 1. The van der Waals surface area contributed by atoms with Crippen LogP contribution in [0.2, 0.25) is 0 Å². The van der Waals surface area contributed by atoms with Gasteiger partial charge in [0.15, 0.2) is 5.82 Å². The molecule has 7 nitrogen and oxygen atoms in total. The number of nitrogens with zero attached hydrogens (tertiary/aromatic N) is 5. The molecule has 0 radical (unpaired) electrons. The van der Waals surface area contributed by atoms with Crippen LogP contribution >= 0.6 is 0 Å². The van der Waals surface area contributed by atoms with Crippen molar-refractivity contribution < 1.29 is 9.32 Å². The molecule has 1 aliphatic heterocycles. The van der Waals surface area contributed by atoms with Gasteiger partial charge in [0, 0.05) is 19.3 Å². The molecule has 2 aromatic rings. The fourth-order valence-electron chi connectivity index (χ4n) is 2.98. The van der Waals surface area contributed by atoms with Crippen LogP contribution in [0.1, 0.15) is 66.3 Å². The number of carbonyl (C=O) groups is 1. The predicted octanol–water partition coefficient (Wildman–Crippen LogP) is 2.31. The summed E-state index contributed by atoms with van der Waals surface area (Å²) in [4.78, 5) is 27.3. The van der Waals surface area contributed by atoms with Crippen molar-refractivity contribution >= 4 is 5.91 Å². The van der Waals surface area contributed by atoms with Gasteiger partial charge < -0.3 is 9.42 Å². The van der Waals surface area contributed by atoms with Crippen molar-refractivity contribution in [2.45, 2.75) is 45.4 Å². The van der Waals surface area contributed by atoms with Crippen molar-refractivity contribution in [2.75, 3.05) is 13.1 Å². The van der Waals surface area contributed by atoms with Gasteiger partial charge in [-0.25, -0.2) is 9.97 Å². The summed E-state index contributed by atoms with van der Waals surface area (Å²) in [5.41, 5.74) is 1.38. The van der Waals surface area contributed by atoms with Crippen molar-refractivity contribution in [3.63, 3.8) is 0 Å². The fraction of sp³-hybridized carbons (Fsp3) is 0.562. The Hall–Kier alpha value is -2.31. The molecular weight excluding hydrogens is 294 g/mol. The maximum absolute atomic E-state index is 12.9. The number of amides is 1. The molecular formula is C16H21N5O2. The van der Waals surface area contributed by atoms with Gasteiger partial charge in [-0.05, 0) is 25.7 Å². The highest BCUT2D eigenvalue weighted by Gasteiger charge is 2.30. The van der Waals surface area contributed by atoms with Gasteiger partial charge in [-0.15, -0.1) is 0 Å². The summed E-state index contributed by atoms with van der Waals surface area (Å²) in [6, 6.07) is 0. The molecule has 1 atom stereocenters. The molecule has 0 aromatic carbocycles. The second-order valence-corrected chi connectivity index (χ2v) is 6.25. The Kier molecular flexibility index (Phi) is 4.36. The molecule has 7 heteroatoms. The van der Waals surface area contributed by atoms with Gasteiger partial charge in [0.1, 0.15) is 6.33 Å². The zero-order chi connectivity index (χ0) is 16.4. The van der Waals surface area contributed by atoms with E-state index in [1.165, 1.54) is 6.33 Å². The Labute approximate surface area is 135 Å². The summed E-state index contributed by atoms with van der Waals surface area (Å²) < 4.78 is 5.28. The molecule has 0 saturated carbocycles. The maximum atomic E-state index is 12.9. The third kappa shape index (κ3) is 3.23. The van der Waals surface area contributed by atoms with Gasteiger partial charge in [-0.3, -0.25) is 4.79 Å². The van der Waals surface area contributed by atoms with Crippen molar-refractivity contribution in [2.24, 2.45) is 0 Å². The fourth-order valence-corrected chi connectivity index (χ4v) is 2.98. The normalized spacial score (nSPS) is 18.4. The molecule has 3 heterocycles. The second kappa shape index (κ2) is 6.44. The zero-order valence-corrected chi connectivity index (χ0v) is 13.7. The summed E-state index contributed by atoms with van der Waals surface area (Å²) in [6.45, 7) is 7.18. The van der Waals surface area contributed by atoms with Gasteiger partial charge in [0.05, 0.1) is 17.2 Å². The molecule has 122 valence electrons. The molecule has 23 heavy (non-hydrogen) atoms. The number of hydrogen-bond acceptors (Lipinski definition) is 6. The van der Waals surface area contributed by atoms with E-state index in [0.29, 0.717) is 23.8 Å². The topological polar surface area (TPSA) is 85.0 Å². The zero-order valence-electron chi connectivity index (χ0n) is 13.7. The number of aromatic nitrogens is 4. The minimum absolute atomic E-state index is 0.0183. The molecule has 1 amide bonds. The first-order valence-electron chi connectivity index (χ1n) is 7.95. The van der Waals surface area contributed by atoms with Crippen LogP contribution in [0.5, 0.6) is 0 Å². The minimum Gasteiger partial charge on any atom is -0.339 e. The van der Waals surface area contributed by atoms with Crippen LogP contribution in [0.25, 0.3) is 0 Å². The average Bonchev–Trinajstić information content (AvgIpc) is 3.01. The Bertz CT molecular complexity index is 697. The number of aryl methyl sites for hydroxylation is 1. The SMILES string of the molecule is Cc1noc([C@@H]2CCCN(C(=O)c3cncnc3C(C)C)C2)n1. The predicted molar refractivity (Wildman–Crippen MR) is 83.0 cm³/mol. The van der Waals surface area contributed by atoms with Crippen LogP contribution in [-0.2, 0) is 0 Å². The third-order valence-electron chi connectivity index (χ3n) is 4.12. The van der Waals surface area contributed by atoms with Crippen LogP contribution in [0.3, 0.4) is 0 Å². The van der Waals surface area contributed by atoms with E-state index in [2.05, 4.69) is 20.1 Å². The van der Waals surface area contributed by atoms with Crippen molar-refractivity contribution in [1.82, 2.24) is 25.0 Å². The molecule has 2 aromatic heterocycles. The van der Waals surface area contributed by atoms with E-state index in [0.717, 1.165) is 25.1 Å². The largest absolute Gasteiger partial charge is 0.339 e.